The highest BCUT2D eigenvalue weighted by Gasteiger charge is 2.64. The van der Waals surface area contributed by atoms with Gasteiger partial charge in [-0.1, -0.05) is 34.1 Å². The monoisotopic (exact) mass is 420 g/mol. The van der Waals surface area contributed by atoms with Crippen LogP contribution in [-0.4, -0.2) is 33.5 Å². The molecule has 4 heteroatoms. The highest BCUT2D eigenvalue weighted by atomic mass is 16.4. The van der Waals surface area contributed by atoms with Crippen molar-refractivity contribution in [3.05, 3.63) is 0 Å². The Labute approximate surface area is 182 Å². The van der Waals surface area contributed by atoms with Crippen LogP contribution in [0.5, 0.6) is 0 Å². The second-order valence-corrected chi connectivity index (χ2v) is 12.0. The fourth-order valence-corrected chi connectivity index (χ4v) is 9.48. The second kappa shape index (κ2) is 8.06. The van der Waals surface area contributed by atoms with Crippen molar-refractivity contribution >= 4 is 5.97 Å². The number of rotatable bonds is 5. The molecule has 0 aromatic heterocycles. The Bertz CT molecular complexity index is 649. The minimum absolute atomic E-state index is 0.194. The SMILES string of the molecule is CC[C@@H]1C(O)C2C3CCC([C@H](C)CCC(=O)O)[C@@]3(C)CCC2[C@@]2(C)CC[C@@H](O)C[C@@H]12. The van der Waals surface area contributed by atoms with Crippen LogP contribution < -0.4 is 0 Å². The molecule has 0 aliphatic heterocycles. The van der Waals surface area contributed by atoms with E-state index in [1.807, 2.05) is 0 Å². The number of aliphatic hydroxyl groups is 2. The summed E-state index contributed by atoms with van der Waals surface area (Å²) in [7, 11) is 0. The van der Waals surface area contributed by atoms with E-state index >= 15 is 0 Å². The van der Waals surface area contributed by atoms with Crippen LogP contribution in [-0.2, 0) is 4.79 Å². The van der Waals surface area contributed by atoms with Crippen molar-refractivity contribution in [3.63, 3.8) is 0 Å². The van der Waals surface area contributed by atoms with Gasteiger partial charge in [-0.2, -0.15) is 0 Å². The summed E-state index contributed by atoms with van der Waals surface area (Å²) < 4.78 is 0. The van der Waals surface area contributed by atoms with Gasteiger partial charge < -0.3 is 15.3 Å². The summed E-state index contributed by atoms with van der Waals surface area (Å²) in [4.78, 5) is 11.1. The maximum absolute atomic E-state index is 11.7. The molecule has 0 bridgehead atoms. The van der Waals surface area contributed by atoms with Crippen LogP contribution in [0.2, 0.25) is 0 Å². The first kappa shape index (κ1) is 22.6. The zero-order valence-electron chi connectivity index (χ0n) is 19.5. The van der Waals surface area contributed by atoms with E-state index in [1.54, 1.807) is 0 Å². The van der Waals surface area contributed by atoms with Crippen molar-refractivity contribution in [3.8, 4) is 0 Å². The maximum atomic E-state index is 11.7. The lowest BCUT2D eigenvalue weighted by atomic mass is 9.41. The summed E-state index contributed by atoms with van der Waals surface area (Å²) in [6.45, 7) is 9.44. The number of carboxylic acids is 1. The van der Waals surface area contributed by atoms with Gasteiger partial charge in [-0.25, -0.2) is 0 Å². The lowest BCUT2D eigenvalue weighted by molar-refractivity contribution is -0.203. The number of fused-ring (bicyclic) bond motifs is 5. The number of aliphatic carboxylic acids is 1. The van der Waals surface area contributed by atoms with Gasteiger partial charge in [0.15, 0.2) is 0 Å². The number of carbonyl (C=O) groups is 1. The van der Waals surface area contributed by atoms with Crippen molar-refractivity contribution in [1.29, 1.82) is 0 Å². The van der Waals surface area contributed by atoms with Crippen LogP contribution in [0, 0.1) is 52.3 Å². The van der Waals surface area contributed by atoms with E-state index in [-0.39, 0.29) is 29.5 Å². The molecular weight excluding hydrogens is 376 g/mol. The van der Waals surface area contributed by atoms with Crippen molar-refractivity contribution in [2.45, 2.75) is 104 Å². The normalized spacial score (nSPS) is 51.5. The number of hydrogen-bond donors (Lipinski definition) is 3. The van der Waals surface area contributed by atoms with Gasteiger partial charge in [-0.05, 0) is 104 Å². The lowest BCUT2D eigenvalue weighted by Gasteiger charge is -2.64. The van der Waals surface area contributed by atoms with Gasteiger partial charge in [0, 0.05) is 6.42 Å². The van der Waals surface area contributed by atoms with E-state index in [1.165, 1.54) is 25.7 Å². The van der Waals surface area contributed by atoms with Crippen LogP contribution >= 0.6 is 0 Å². The second-order valence-electron chi connectivity index (χ2n) is 12.0. The summed E-state index contributed by atoms with van der Waals surface area (Å²) in [5.74, 6) is 2.58. The smallest absolute Gasteiger partial charge is 0.303 e. The molecule has 4 saturated carbocycles. The Morgan fingerprint density at radius 3 is 2.33 bits per heavy atom. The third-order valence-electron chi connectivity index (χ3n) is 11.0. The molecule has 0 spiro atoms. The van der Waals surface area contributed by atoms with Crippen LogP contribution in [0.25, 0.3) is 0 Å². The standard InChI is InChI=1S/C26H44O4/c1-5-17-21-14-16(27)10-12-26(21,4)20-11-13-25(3)18(15(2)6-9-22(28)29)7-8-19(25)23(20)24(17)30/h15-21,23-24,27,30H,5-14H2,1-4H3,(H,28,29)/t15-,16-,17+,18?,19?,20?,21+,23?,24?,25-,26-/m1/s1. The summed E-state index contributed by atoms with van der Waals surface area (Å²) >= 11 is 0. The minimum atomic E-state index is -0.683. The Balaban J connectivity index is 1.61. The zero-order valence-corrected chi connectivity index (χ0v) is 19.5. The maximum Gasteiger partial charge on any atom is 0.303 e. The summed E-state index contributed by atoms with van der Waals surface area (Å²) in [5, 5.41) is 31.3. The van der Waals surface area contributed by atoms with Gasteiger partial charge in [-0.15, -0.1) is 0 Å². The van der Waals surface area contributed by atoms with E-state index in [2.05, 4.69) is 27.7 Å². The Morgan fingerprint density at radius 1 is 1.00 bits per heavy atom. The van der Waals surface area contributed by atoms with Crippen LogP contribution in [0.15, 0.2) is 0 Å². The van der Waals surface area contributed by atoms with E-state index in [9.17, 15) is 15.0 Å². The highest BCUT2D eigenvalue weighted by Crippen LogP contribution is 2.69. The third kappa shape index (κ3) is 3.36. The molecule has 0 amide bonds. The third-order valence-corrected chi connectivity index (χ3v) is 11.0. The first-order valence-corrected chi connectivity index (χ1v) is 12.7. The van der Waals surface area contributed by atoms with Gasteiger partial charge >= 0.3 is 5.97 Å². The number of carboxylic acid groups (broad SMARTS) is 1. The van der Waals surface area contributed by atoms with Gasteiger partial charge in [0.05, 0.1) is 12.2 Å². The molecule has 5 unspecified atom stereocenters. The molecule has 4 aliphatic carbocycles. The summed E-state index contributed by atoms with van der Waals surface area (Å²) in [6.07, 6.45) is 9.27. The van der Waals surface area contributed by atoms with E-state index in [0.717, 1.165) is 32.1 Å². The zero-order chi connectivity index (χ0) is 21.8. The number of aliphatic hydroxyl groups excluding tert-OH is 2. The molecule has 11 atom stereocenters. The molecule has 4 aliphatic rings. The average molecular weight is 421 g/mol. The van der Waals surface area contributed by atoms with Gasteiger partial charge in [0.1, 0.15) is 0 Å². The van der Waals surface area contributed by atoms with Crippen molar-refractivity contribution in [1.82, 2.24) is 0 Å². The largest absolute Gasteiger partial charge is 0.481 e. The Kier molecular flexibility index (Phi) is 6.07. The molecule has 4 rings (SSSR count). The first-order chi connectivity index (χ1) is 14.1. The molecule has 4 nitrogen and oxygen atoms in total. The molecule has 0 radical (unpaired) electrons. The van der Waals surface area contributed by atoms with E-state index in [4.69, 9.17) is 5.11 Å². The predicted octanol–water partition coefficient (Wildman–Crippen LogP) is 5.11. The fraction of sp³-hybridized carbons (Fsp3) is 0.962. The average Bonchev–Trinajstić information content (AvgIpc) is 3.05. The predicted molar refractivity (Wildman–Crippen MR) is 118 cm³/mol. The van der Waals surface area contributed by atoms with Crippen LogP contribution in [0.4, 0.5) is 0 Å². The van der Waals surface area contributed by atoms with Crippen molar-refractivity contribution in [2.75, 3.05) is 0 Å². The lowest BCUT2D eigenvalue weighted by Crippen LogP contribution is -2.62. The minimum Gasteiger partial charge on any atom is -0.481 e. The van der Waals surface area contributed by atoms with E-state index in [0.29, 0.717) is 41.4 Å². The Morgan fingerprint density at radius 2 is 1.67 bits per heavy atom. The first-order valence-electron chi connectivity index (χ1n) is 12.7. The fourth-order valence-electron chi connectivity index (χ4n) is 9.48. The van der Waals surface area contributed by atoms with E-state index < -0.39 is 5.97 Å². The van der Waals surface area contributed by atoms with Gasteiger partial charge in [0.25, 0.3) is 0 Å². The van der Waals surface area contributed by atoms with Crippen LogP contribution in [0.1, 0.15) is 91.9 Å². The molecule has 0 saturated heterocycles. The quantitative estimate of drug-likeness (QED) is 0.577. The molecule has 0 aromatic carbocycles. The molecular formula is C26H44O4. The highest BCUT2D eigenvalue weighted by molar-refractivity contribution is 5.66. The topological polar surface area (TPSA) is 77.8 Å². The molecule has 30 heavy (non-hydrogen) atoms. The van der Waals surface area contributed by atoms with Crippen molar-refractivity contribution < 1.29 is 20.1 Å². The molecule has 172 valence electrons. The number of hydrogen-bond acceptors (Lipinski definition) is 3. The molecule has 0 heterocycles. The Hall–Kier alpha value is -0.610. The molecule has 3 N–H and O–H groups in total. The summed E-state index contributed by atoms with van der Waals surface area (Å²) in [5.41, 5.74) is 0.480. The molecule has 0 aromatic rings. The summed E-state index contributed by atoms with van der Waals surface area (Å²) in [6, 6.07) is 0. The van der Waals surface area contributed by atoms with Gasteiger partial charge in [-0.3, -0.25) is 4.79 Å². The van der Waals surface area contributed by atoms with Crippen molar-refractivity contribution in [2.24, 2.45) is 52.3 Å². The van der Waals surface area contributed by atoms with Crippen LogP contribution in [0.3, 0.4) is 0 Å². The molecule has 4 fully saturated rings. The van der Waals surface area contributed by atoms with Gasteiger partial charge in [0.2, 0.25) is 0 Å².